The molecule has 0 aromatic heterocycles. The SMILES string of the molecule is CCc1cc(Br)ccc1NC(C)c1ccc(C)cc1C. The van der Waals surface area contributed by atoms with E-state index in [0.717, 1.165) is 10.9 Å². The molecular weight excluding hydrogens is 310 g/mol. The highest BCUT2D eigenvalue weighted by Gasteiger charge is 2.10. The first-order valence-corrected chi connectivity index (χ1v) is 7.92. The number of hydrogen-bond acceptors (Lipinski definition) is 1. The highest BCUT2D eigenvalue weighted by molar-refractivity contribution is 9.10. The fourth-order valence-corrected chi connectivity index (χ4v) is 3.03. The normalized spacial score (nSPS) is 12.2. The maximum absolute atomic E-state index is 3.64. The summed E-state index contributed by atoms with van der Waals surface area (Å²) in [5, 5.41) is 3.64. The van der Waals surface area contributed by atoms with Crippen molar-refractivity contribution in [3.05, 3.63) is 63.1 Å². The lowest BCUT2D eigenvalue weighted by Crippen LogP contribution is -2.09. The first-order chi connectivity index (χ1) is 9.51. The Balaban J connectivity index is 2.25. The van der Waals surface area contributed by atoms with Crippen molar-refractivity contribution < 1.29 is 0 Å². The predicted octanol–water partition coefficient (Wildman–Crippen LogP) is 5.80. The van der Waals surface area contributed by atoms with E-state index in [9.17, 15) is 0 Å². The van der Waals surface area contributed by atoms with E-state index in [4.69, 9.17) is 0 Å². The molecule has 106 valence electrons. The molecule has 0 aliphatic rings. The number of aryl methyl sites for hydroxylation is 3. The number of nitrogens with one attached hydrogen (secondary N) is 1. The van der Waals surface area contributed by atoms with E-state index >= 15 is 0 Å². The molecule has 2 rings (SSSR count). The molecule has 0 spiro atoms. The van der Waals surface area contributed by atoms with Crippen LogP contribution in [-0.2, 0) is 6.42 Å². The van der Waals surface area contributed by atoms with Crippen LogP contribution in [0.15, 0.2) is 40.9 Å². The lowest BCUT2D eigenvalue weighted by molar-refractivity contribution is 0.868. The fourth-order valence-electron chi connectivity index (χ4n) is 2.62. The van der Waals surface area contributed by atoms with Gasteiger partial charge in [-0.15, -0.1) is 0 Å². The molecule has 0 bridgehead atoms. The molecule has 0 saturated carbocycles. The number of rotatable bonds is 4. The van der Waals surface area contributed by atoms with Crippen molar-refractivity contribution in [3.63, 3.8) is 0 Å². The molecule has 1 N–H and O–H groups in total. The minimum atomic E-state index is 0.307. The summed E-state index contributed by atoms with van der Waals surface area (Å²) >= 11 is 3.54. The van der Waals surface area contributed by atoms with Crippen molar-refractivity contribution in [3.8, 4) is 0 Å². The molecule has 0 fully saturated rings. The van der Waals surface area contributed by atoms with Crippen LogP contribution in [0.4, 0.5) is 5.69 Å². The Morgan fingerprint density at radius 1 is 1.10 bits per heavy atom. The topological polar surface area (TPSA) is 12.0 Å². The van der Waals surface area contributed by atoms with Crippen molar-refractivity contribution in [2.75, 3.05) is 5.32 Å². The van der Waals surface area contributed by atoms with E-state index in [-0.39, 0.29) is 0 Å². The van der Waals surface area contributed by atoms with Gasteiger partial charge in [-0.1, -0.05) is 46.6 Å². The Labute approximate surface area is 130 Å². The molecule has 0 heterocycles. The lowest BCUT2D eigenvalue weighted by Gasteiger charge is -2.20. The molecule has 0 radical (unpaired) electrons. The van der Waals surface area contributed by atoms with Gasteiger partial charge < -0.3 is 5.32 Å². The fraction of sp³-hybridized carbons (Fsp3) is 0.333. The minimum absolute atomic E-state index is 0.307. The third-order valence-corrected chi connectivity index (χ3v) is 4.21. The smallest absolute Gasteiger partial charge is 0.0488 e. The van der Waals surface area contributed by atoms with Crippen LogP contribution in [-0.4, -0.2) is 0 Å². The van der Waals surface area contributed by atoms with Gasteiger partial charge in [-0.3, -0.25) is 0 Å². The lowest BCUT2D eigenvalue weighted by atomic mass is 9.99. The number of anilines is 1. The number of halogens is 1. The van der Waals surface area contributed by atoms with Crippen molar-refractivity contribution in [2.45, 2.75) is 40.2 Å². The van der Waals surface area contributed by atoms with Gasteiger partial charge in [-0.05, 0) is 62.1 Å². The van der Waals surface area contributed by atoms with Crippen LogP contribution in [0, 0.1) is 13.8 Å². The zero-order chi connectivity index (χ0) is 14.7. The van der Waals surface area contributed by atoms with E-state index in [1.54, 1.807) is 0 Å². The number of benzene rings is 2. The van der Waals surface area contributed by atoms with Gasteiger partial charge in [0.15, 0.2) is 0 Å². The molecular formula is C18H22BrN. The molecule has 1 unspecified atom stereocenters. The molecule has 1 nitrogen and oxygen atoms in total. The Hall–Kier alpha value is -1.28. The molecule has 0 amide bonds. The van der Waals surface area contributed by atoms with E-state index in [2.05, 4.69) is 85.3 Å². The van der Waals surface area contributed by atoms with Crippen LogP contribution in [0.2, 0.25) is 0 Å². The average molecular weight is 332 g/mol. The zero-order valence-corrected chi connectivity index (χ0v) is 14.2. The molecule has 0 saturated heterocycles. The van der Waals surface area contributed by atoms with Gasteiger partial charge in [0, 0.05) is 16.2 Å². The van der Waals surface area contributed by atoms with Crippen LogP contribution in [0.25, 0.3) is 0 Å². The standard InChI is InChI=1S/C18H22BrN/c1-5-15-11-16(19)7-9-18(15)20-14(4)17-8-6-12(2)10-13(17)3/h6-11,14,20H,5H2,1-4H3. The number of hydrogen-bond donors (Lipinski definition) is 1. The molecule has 2 heteroatoms. The van der Waals surface area contributed by atoms with Crippen LogP contribution < -0.4 is 5.32 Å². The van der Waals surface area contributed by atoms with E-state index in [1.807, 2.05) is 0 Å². The summed E-state index contributed by atoms with van der Waals surface area (Å²) < 4.78 is 1.14. The van der Waals surface area contributed by atoms with Gasteiger partial charge in [0.25, 0.3) is 0 Å². The van der Waals surface area contributed by atoms with Gasteiger partial charge in [-0.2, -0.15) is 0 Å². The van der Waals surface area contributed by atoms with Crippen LogP contribution in [0.5, 0.6) is 0 Å². The summed E-state index contributed by atoms with van der Waals surface area (Å²) in [6, 6.07) is 13.4. The van der Waals surface area contributed by atoms with Crippen molar-refractivity contribution in [1.82, 2.24) is 0 Å². The molecule has 0 aliphatic heterocycles. The van der Waals surface area contributed by atoms with Gasteiger partial charge in [0.2, 0.25) is 0 Å². The largest absolute Gasteiger partial charge is 0.378 e. The Kier molecular flexibility index (Phi) is 4.87. The first-order valence-electron chi connectivity index (χ1n) is 7.13. The summed E-state index contributed by atoms with van der Waals surface area (Å²) in [6.45, 7) is 8.73. The van der Waals surface area contributed by atoms with Gasteiger partial charge in [0.1, 0.15) is 0 Å². The second kappa shape index (κ2) is 6.45. The highest BCUT2D eigenvalue weighted by atomic mass is 79.9. The Morgan fingerprint density at radius 2 is 1.85 bits per heavy atom. The Bertz CT molecular complexity index is 604. The summed E-state index contributed by atoms with van der Waals surface area (Å²) in [7, 11) is 0. The van der Waals surface area contributed by atoms with E-state index in [0.29, 0.717) is 6.04 Å². The van der Waals surface area contributed by atoms with Gasteiger partial charge in [-0.25, -0.2) is 0 Å². The highest BCUT2D eigenvalue weighted by Crippen LogP contribution is 2.27. The molecule has 1 atom stereocenters. The maximum Gasteiger partial charge on any atom is 0.0488 e. The molecule has 0 aliphatic carbocycles. The molecule has 2 aromatic rings. The van der Waals surface area contributed by atoms with Crippen LogP contribution in [0.3, 0.4) is 0 Å². The second-order valence-corrected chi connectivity index (χ2v) is 6.30. The minimum Gasteiger partial charge on any atom is -0.378 e. The van der Waals surface area contributed by atoms with Gasteiger partial charge >= 0.3 is 0 Å². The quantitative estimate of drug-likeness (QED) is 0.746. The van der Waals surface area contributed by atoms with Crippen molar-refractivity contribution in [1.29, 1.82) is 0 Å². The summed E-state index contributed by atoms with van der Waals surface area (Å²) in [4.78, 5) is 0. The first kappa shape index (κ1) is 15.1. The predicted molar refractivity (Wildman–Crippen MR) is 91.5 cm³/mol. The van der Waals surface area contributed by atoms with Crippen LogP contribution in [0.1, 0.15) is 42.1 Å². The summed E-state index contributed by atoms with van der Waals surface area (Å²) in [5.74, 6) is 0. The monoisotopic (exact) mass is 331 g/mol. The summed E-state index contributed by atoms with van der Waals surface area (Å²) in [5.41, 5.74) is 6.59. The second-order valence-electron chi connectivity index (χ2n) is 5.38. The van der Waals surface area contributed by atoms with Crippen molar-refractivity contribution in [2.24, 2.45) is 0 Å². The molecule has 20 heavy (non-hydrogen) atoms. The zero-order valence-electron chi connectivity index (χ0n) is 12.6. The third-order valence-electron chi connectivity index (χ3n) is 3.71. The molecule has 2 aromatic carbocycles. The third kappa shape index (κ3) is 3.43. The maximum atomic E-state index is 3.64. The van der Waals surface area contributed by atoms with E-state index < -0.39 is 0 Å². The summed E-state index contributed by atoms with van der Waals surface area (Å²) in [6.07, 6.45) is 1.03. The van der Waals surface area contributed by atoms with Crippen molar-refractivity contribution >= 4 is 21.6 Å². The van der Waals surface area contributed by atoms with E-state index in [1.165, 1.54) is 27.9 Å². The van der Waals surface area contributed by atoms with Gasteiger partial charge in [0.05, 0.1) is 0 Å². The van der Waals surface area contributed by atoms with Crippen LogP contribution >= 0.6 is 15.9 Å². The Morgan fingerprint density at radius 3 is 2.50 bits per heavy atom. The average Bonchev–Trinajstić information content (AvgIpc) is 2.40.